The van der Waals surface area contributed by atoms with Crippen molar-refractivity contribution in [3.8, 4) is 6.07 Å². The minimum atomic E-state index is -0.423. The van der Waals surface area contributed by atoms with Crippen molar-refractivity contribution in [2.24, 2.45) is 5.92 Å². The average Bonchev–Trinajstić information content (AvgIpc) is 2.44. The quantitative estimate of drug-likeness (QED) is 0.824. The maximum Gasteiger partial charge on any atom is 0.337 e. The summed E-state index contributed by atoms with van der Waals surface area (Å²) in [5, 5.41) is 11.5. The standard InChI is InChI=1S/C14H16N2O3/c1-3-10(9-15)8-13(17)16-12-6-4-11(5-7-12)14(18)19-2/h4-7,10H,3,8H2,1-2H3,(H,16,17). The van der Waals surface area contributed by atoms with Crippen LogP contribution in [0.15, 0.2) is 24.3 Å². The smallest absolute Gasteiger partial charge is 0.337 e. The number of hydrogen-bond donors (Lipinski definition) is 1. The van der Waals surface area contributed by atoms with E-state index in [1.807, 2.05) is 6.92 Å². The fraction of sp³-hybridized carbons (Fsp3) is 0.357. The number of methoxy groups -OCH3 is 1. The van der Waals surface area contributed by atoms with E-state index in [4.69, 9.17) is 5.26 Å². The molecule has 0 fully saturated rings. The molecule has 19 heavy (non-hydrogen) atoms. The Labute approximate surface area is 112 Å². The Morgan fingerprint density at radius 2 is 2.00 bits per heavy atom. The number of ether oxygens (including phenoxy) is 1. The van der Waals surface area contributed by atoms with Gasteiger partial charge in [0.2, 0.25) is 5.91 Å². The van der Waals surface area contributed by atoms with Crippen molar-refractivity contribution >= 4 is 17.6 Å². The van der Waals surface area contributed by atoms with Crippen molar-refractivity contribution in [3.05, 3.63) is 29.8 Å². The summed E-state index contributed by atoms with van der Waals surface area (Å²) in [6, 6.07) is 8.47. The zero-order valence-corrected chi connectivity index (χ0v) is 11.0. The van der Waals surface area contributed by atoms with Crippen LogP contribution in [0.2, 0.25) is 0 Å². The molecule has 0 aliphatic carbocycles. The van der Waals surface area contributed by atoms with E-state index in [-0.39, 0.29) is 18.2 Å². The highest BCUT2D eigenvalue weighted by Crippen LogP contribution is 2.13. The first kappa shape index (κ1) is 14.7. The van der Waals surface area contributed by atoms with Crippen molar-refractivity contribution in [3.63, 3.8) is 0 Å². The molecule has 0 bridgehead atoms. The molecule has 0 saturated carbocycles. The molecule has 5 heteroatoms. The minimum absolute atomic E-state index is 0.172. The second-order valence-electron chi connectivity index (χ2n) is 4.06. The lowest BCUT2D eigenvalue weighted by atomic mass is 10.0. The van der Waals surface area contributed by atoms with E-state index in [1.165, 1.54) is 7.11 Å². The topological polar surface area (TPSA) is 79.2 Å². The van der Waals surface area contributed by atoms with E-state index in [0.29, 0.717) is 17.7 Å². The lowest BCUT2D eigenvalue weighted by molar-refractivity contribution is -0.116. The zero-order chi connectivity index (χ0) is 14.3. The molecule has 5 nitrogen and oxygen atoms in total. The lowest BCUT2D eigenvalue weighted by Crippen LogP contribution is -2.15. The number of carbonyl (C=O) groups excluding carboxylic acids is 2. The van der Waals surface area contributed by atoms with Crippen LogP contribution < -0.4 is 5.32 Å². The Balaban J connectivity index is 2.61. The number of nitrogens with one attached hydrogen (secondary N) is 1. The Hall–Kier alpha value is -2.35. The molecule has 1 aromatic rings. The van der Waals surface area contributed by atoms with E-state index < -0.39 is 5.97 Å². The normalized spacial score (nSPS) is 11.2. The largest absolute Gasteiger partial charge is 0.465 e. The number of anilines is 1. The summed E-state index contributed by atoms with van der Waals surface area (Å²) < 4.78 is 4.58. The predicted octanol–water partition coefficient (Wildman–Crippen LogP) is 2.35. The van der Waals surface area contributed by atoms with Gasteiger partial charge in [0, 0.05) is 12.1 Å². The van der Waals surface area contributed by atoms with Crippen molar-refractivity contribution in [1.29, 1.82) is 5.26 Å². The predicted molar refractivity (Wildman–Crippen MR) is 70.4 cm³/mol. The fourth-order valence-corrected chi connectivity index (χ4v) is 1.52. The van der Waals surface area contributed by atoms with Gasteiger partial charge in [-0.05, 0) is 30.7 Å². The van der Waals surface area contributed by atoms with Crippen molar-refractivity contribution in [1.82, 2.24) is 0 Å². The molecule has 0 heterocycles. The first-order valence-corrected chi connectivity index (χ1v) is 5.98. The third-order valence-electron chi connectivity index (χ3n) is 2.70. The van der Waals surface area contributed by atoms with Crippen LogP contribution in [0.5, 0.6) is 0 Å². The molecule has 0 aliphatic heterocycles. The molecule has 0 aromatic heterocycles. The van der Waals surface area contributed by atoms with Gasteiger partial charge in [-0.15, -0.1) is 0 Å². The fourth-order valence-electron chi connectivity index (χ4n) is 1.52. The van der Waals surface area contributed by atoms with E-state index >= 15 is 0 Å². The van der Waals surface area contributed by atoms with Gasteiger partial charge in [0.25, 0.3) is 0 Å². The molecule has 1 atom stereocenters. The van der Waals surface area contributed by atoms with Crippen LogP contribution in [0.4, 0.5) is 5.69 Å². The maximum atomic E-state index is 11.7. The maximum absolute atomic E-state index is 11.7. The van der Waals surface area contributed by atoms with Gasteiger partial charge in [0.1, 0.15) is 0 Å². The third-order valence-corrected chi connectivity index (χ3v) is 2.70. The summed E-state index contributed by atoms with van der Waals surface area (Å²) in [6.45, 7) is 1.87. The molecule has 0 radical (unpaired) electrons. The molecular weight excluding hydrogens is 244 g/mol. The molecule has 1 unspecified atom stereocenters. The monoisotopic (exact) mass is 260 g/mol. The number of esters is 1. The van der Waals surface area contributed by atoms with Gasteiger partial charge in [-0.3, -0.25) is 4.79 Å². The van der Waals surface area contributed by atoms with Gasteiger partial charge in [0.15, 0.2) is 0 Å². The molecule has 1 N–H and O–H groups in total. The lowest BCUT2D eigenvalue weighted by Gasteiger charge is -2.08. The van der Waals surface area contributed by atoms with Gasteiger partial charge < -0.3 is 10.1 Å². The molecule has 0 saturated heterocycles. The SMILES string of the molecule is CCC(C#N)CC(=O)Nc1ccc(C(=O)OC)cc1. The van der Waals surface area contributed by atoms with Crippen molar-refractivity contribution in [2.45, 2.75) is 19.8 Å². The van der Waals surface area contributed by atoms with Crippen LogP contribution in [0, 0.1) is 17.2 Å². The summed E-state index contributed by atoms with van der Waals surface area (Å²) >= 11 is 0. The second-order valence-corrected chi connectivity index (χ2v) is 4.06. The van der Waals surface area contributed by atoms with E-state index in [2.05, 4.69) is 16.1 Å². The second kappa shape index (κ2) is 7.17. The van der Waals surface area contributed by atoms with Gasteiger partial charge in [-0.1, -0.05) is 6.92 Å². The molecule has 1 aromatic carbocycles. The summed E-state index contributed by atoms with van der Waals surface area (Å²) in [5.41, 5.74) is 1.01. The van der Waals surface area contributed by atoms with Crippen LogP contribution in [-0.4, -0.2) is 19.0 Å². The summed E-state index contributed by atoms with van der Waals surface area (Å²) in [7, 11) is 1.31. The van der Waals surface area contributed by atoms with Crippen LogP contribution in [0.25, 0.3) is 0 Å². The summed E-state index contributed by atoms with van der Waals surface area (Å²) in [4.78, 5) is 22.9. The molecule has 100 valence electrons. The third kappa shape index (κ3) is 4.43. The van der Waals surface area contributed by atoms with Crippen LogP contribution >= 0.6 is 0 Å². The van der Waals surface area contributed by atoms with Crippen LogP contribution in [0.3, 0.4) is 0 Å². The van der Waals surface area contributed by atoms with Crippen molar-refractivity contribution in [2.75, 3.05) is 12.4 Å². The van der Waals surface area contributed by atoms with E-state index in [9.17, 15) is 9.59 Å². The Morgan fingerprint density at radius 3 is 2.47 bits per heavy atom. The van der Waals surface area contributed by atoms with Gasteiger partial charge in [-0.25, -0.2) is 4.79 Å². The van der Waals surface area contributed by atoms with Crippen molar-refractivity contribution < 1.29 is 14.3 Å². The highest BCUT2D eigenvalue weighted by Gasteiger charge is 2.11. The Kier molecular flexibility index (Phi) is 5.55. The van der Waals surface area contributed by atoms with Gasteiger partial charge in [0.05, 0.1) is 24.7 Å². The minimum Gasteiger partial charge on any atom is -0.465 e. The van der Waals surface area contributed by atoms with E-state index in [0.717, 1.165) is 0 Å². The highest BCUT2D eigenvalue weighted by molar-refractivity contribution is 5.93. The van der Waals surface area contributed by atoms with Crippen LogP contribution in [0.1, 0.15) is 30.1 Å². The van der Waals surface area contributed by atoms with E-state index in [1.54, 1.807) is 24.3 Å². The Bertz CT molecular complexity index is 488. The number of nitriles is 1. The average molecular weight is 260 g/mol. The molecule has 1 amide bonds. The summed E-state index contributed by atoms with van der Waals surface area (Å²) in [6.07, 6.45) is 0.816. The number of benzene rings is 1. The number of nitrogens with zero attached hydrogens (tertiary/aromatic N) is 1. The number of carbonyl (C=O) groups is 2. The van der Waals surface area contributed by atoms with Gasteiger partial charge >= 0.3 is 5.97 Å². The van der Waals surface area contributed by atoms with Crippen LogP contribution in [-0.2, 0) is 9.53 Å². The highest BCUT2D eigenvalue weighted by atomic mass is 16.5. The zero-order valence-electron chi connectivity index (χ0n) is 11.0. The molecular formula is C14H16N2O3. The number of amides is 1. The summed E-state index contributed by atoms with van der Waals surface area (Å²) in [5.74, 6) is -0.901. The number of hydrogen-bond acceptors (Lipinski definition) is 4. The first-order valence-electron chi connectivity index (χ1n) is 5.98. The number of rotatable bonds is 5. The molecule has 0 spiro atoms. The Morgan fingerprint density at radius 1 is 1.37 bits per heavy atom. The van der Waals surface area contributed by atoms with Gasteiger partial charge in [-0.2, -0.15) is 5.26 Å². The molecule has 0 aliphatic rings. The first-order chi connectivity index (χ1) is 9.10. The molecule has 1 rings (SSSR count).